The average Bonchev–Trinajstić information content (AvgIpc) is 3.23. The Kier molecular flexibility index (Phi) is 4.31. The molecule has 0 unspecified atom stereocenters. The molecule has 0 saturated heterocycles. The fraction of sp³-hybridized carbons (Fsp3) is 0.200. The van der Waals surface area contributed by atoms with Gasteiger partial charge in [0.25, 0.3) is 5.91 Å². The van der Waals surface area contributed by atoms with E-state index in [2.05, 4.69) is 21.4 Å². The molecule has 0 aliphatic rings. The Morgan fingerprint density at radius 2 is 2.15 bits per heavy atom. The molecule has 1 aromatic carbocycles. The second-order valence-corrected chi connectivity index (χ2v) is 6.23. The lowest BCUT2D eigenvalue weighted by Gasteiger charge is -2.08. The van der Waals surface area contributed by atoms with E-state index in [1.165, 1.54) is 10.9 Å². The van der Waals surface area contributed by atoms with Crippen LogP contribution >= 0.6 is 0 Å². The highest BCUT2D eigenvalue weighted by atomic mass is 16.5. The minimum Gasteiger partial charge on any atom is -0.480 e. The molecule has 4 rings (SSSR count). The summed E-state index contributed by atoms with van der Waals surface area (Å²) in [6.45, 7) is 2.46. The topological polar surface area (TPSA) is 71.4 Å². The van der Waals surface area contributed by atoms with Gasteiger partial charge in [-0.15, -0.1) is 0 Å². The summed E-state index contributed by atoms with van der Waals surface area (Å²) >= 11 is 0. The number of imidazole rings is 1. The maximum absolute atomic E-state index is 12.1. The maximum atomic E-state index is 12.1. The lowest BCUT2D eigenvalue weighted by Crippen LogP contribution is -2.30. The van der Waals surface area contributed by atoms with Crippen molar-refractivity contribution in [2.45, 2.75) is 13.3 Å². The predicted molar refractivity (Wildman–Crippen MR) is 100 cm³/mol. The number of aromatic amines is 1. The largest absolute Gasteiger partial charge is 0.480 e. The molecule has 0 radical (unpaired) electrons. The van der Waals surface area contributed by atoms with Crippen LogP contribution < -0.4 is 10.1 Å². The van der Waals surface area contributed by atoms with Crippen molar-refractivity contribution in [1.29, 1.82) is 0 Å². The van der Waals surface area contributed by atoms with E-state index in [4.69, 9.17) is 4.74 Å². The summed E-state index contributed by atoms with van der Waals surface area (Å²) in [5.41, 5.74) is 3.93. The molecule has 4 aromatic rings. The summed E-state index contributed by atoms with van der Waals surface area (Å²) in [6.07, 6.45) is 6.59. The average molecular weight is 348 g/mol. The monoisotopic (exact) mass is 348 g/mol. The quantitative estimate of drug-likeness (QED) is 0.563. The molecule has 2 N–H and O–H groups in total. The van der Waals surface area contributed by atoms with Crippen LogP contribution in [0.15, 0.2) is 55.0 Å². The van der Waals surface area contributed by atoms with E-state index in [0.29, 0.717) is 12.3 Å². The molecule has 132 valence electrons. The van der Waals surface area contributed by atoms with E-state index in [-0.39, 0.29) is 12.5 Å². The molecule has 0 fully saturated rings. The zero-order valence-electron chi connectivity index (χ0n) is 14.5. The first-order chi connectivity index (χ1) is 12.7. The number of benzene rings is 1. The Morgan fingerprint density at radius 1 is 1.27 bits per heavy atom. The summed E-state index contributed by atoms with van der Waals surface area (Å²) in [6, 6.07) is 11.8. The van der Waals surface area contributed by atoms with Gasteiger partial charge >= 0.3 is 0 Å². The number of carbonyl (C=O) groups is 1. The number of rotatable bonds is 6. The number of fused-ring (bicyclic) bond motifs is 2. The number of aryl methyl sites for hydroxylation is 1. The molecule has 0 aliphatic carbocycles. The molecule has 3 aromatic heterocycles. The highest BCUT2D eigenvalue weighted by Crippen LogP contribution is 2.19. The van der Waals surface area contributed by atoms with Gasteiger partial charge in [-0.1, -0.05) is 18.2 Å². The molecule has 0 aliphatic heterocycles. The Balaban J connectivity index is 1.31. The molecule has 6 heteroatoms. The molecule has 1 amide bonds. The van der Waals surface area contributed by atoms with Crippen LogP contribution in [0.3, 0.4) is 0 Å². The number of nitrogens with one attached hydrogen (secondary N) is 2. The molecular formula is C20H20N4O2. The van der Waals surface area contributed by atoms with Crippen molar-refractivity contribution >= 4 is 22.5 Å². The first-order valence-corrected chi connectivity index (χ1v) is 8.59. The number of para-hydroxylation sites is 1. The van der Waals surface area contributed by atoms with E-state index in [1.807, 2.05) is 60.2 Å². The predicted octanol–water partition coefficient (Wildman–Crippen LogP) is 2.86. The Hall–Kier alpha value is -3.28. The molecule has 0 bridgehead atoms. The van der Waals surface area contributed by atoms with Crippen LogP contribution in [-0.4, -0.2) is 33.4 Å². The van der Waals surface area contributed by atoms with Crippen LogP contribution in [0.25, 0.3) is 16.6 Å². The van der Waals surface area contributed by atoms with Gasteiger partial charge in [-0.05, 0) is 37.1 Å². The zero-order chi connectivity index (χ0) is 17.9. The number of aromatic nitrogens is 3. The second kappa shape index (κ2) is 6.92. The highest BCUT2D eigenvalue weighted by molar-refractivity contribution is 5.83. The minimum atomic E-state index is -0.143. The third-order valence-electron chi connectivity index (χ3n) is 4.32. The number of carbonyl (C=O) groups excluding carboxylic acids is 1. The zero-order valence-corrected chi connectivity index (χ0v) is 14.5. The van der Waals surface area contributed by atoms with E-state index in [0.717, 1.165) is 23.3 Å². The molecule has 6 nitrogen and oxygen atoms in total. The van der Waals surface area contributed by atoms with Gasteiger partial charge in [0, 0.05) is 36.0 Å². The van der Waals surface area contributed by atoms with Gasteiger partial charge in [-0.3, -0.25) is 4.79 Å². The number of ether oxygens (including phenoxy) is 1. The third kappa shape index (κ3) is 3.26. The molecule has 3 heterocycles. The normalized spacial score (nSPS) is 11.1. The van der Waals surface area contributed by atoms with Gasteiger partial charge < -0.3 is 19.4 Å². The lowest BCUT2D eigenvalue weighted by molar-refractivity contribution is -0.123. The smallest absolute Gasteiger partial charge is 0.257 e. The first-order valence-electron chi connectivity index (χ1n) is 8.59. The number of pyridine rings is 1. The van der Waals surface area contributed by atoms with Gasteiger partial charge in [0.2, 0.25) is 0 Å². The number of H-pyrrole nitrogens is 1. The Labute approximate surface area is 150 Å². The summed E-state index contributed by atoms with van der Waals surface area (Å²) in [5, 5.41) is 4.10. The van der Waals surface area contributed by atoms with Crippen LogP contribution in [0, 0.1) is 6.92 Å². The van der Waals surface area contributed by atoms with Gasteiger partial charge in [0.05, 0.1) is 5.69 Å². The molecule has 0 atom stereocenters. The first kappa shape index (κ1) is 16.2. The fourth-order valence-corrected chi connectivity index (χ4v) is 3.09. The molecule has 0 saturated carbocycles. The van der Waals surface area contributed by atoms with Crippen LogP contribution in [0.2, 0.25) is 0 Å². The summed E-state index contributed by atoms with van der Waals surface area (Å²) in [4.78, 5) is 19.7. The van der Waals surface area contributed by atoms with E-state index < -0.39 is 0 Å². The van der Waals surface area contributed by atoms with Crippen LogP contribution in [-0.2, 0) is 11.2 Å². The summed E-state index contributed by atoms with van der Waals surface area (Å²) in [7, 11) is 0. The van der Waals surface area contributed by atoms with Gasteiger partial charge in [-0.25, -0.2) is 4.98 Å². The lowest BCUT2D eigenvalue weighted by atomic mass is 10.1. The van der Waals surface area contributed by atoms with Gasteiger partial charge in [-0.2, -0.15) is 0 Å². The fourth-order valence-electron chi connectivity index (χ4n) is 3.09. The maximum Gasteiger partial charge on any atom is 0.257 e. The minimum absolute atomic E-state index is 0.0283. The SMILES string of the molecule is Cc1cn2cccc(OCC(=O)NCCc3c[nH]c4ccccc34)c2n1. The van der Waals surface area contributed by atoms with Crippen LogP contribution in [0.1, 0.15) is 11.3 Å². The van der Waals surface area contributed by atoms with E-state index >= 15 is 0 Å². The van der Waals surface area contributed by atoms with Gasteiger partial charge in [0.15, 0.2) is 18.0 Å². The van der Waals surface area contributed by atoms with Crippen molar-refractivity contribution in [2.24, 2.45) is 0 Å². The molecular weight excluding hydrogens is 328 g/mol. The Bertz CT molecular complexity index is 1060. The van der Waals surface area contributed by atoms with Crippen molar-refractivity contribution in [3.8, 4) is 5.75 Å². The van der Waals surface area contributed by atoms with Crippen molar-refractivity contribution in [3.05, 3.63) is 66.2 Å². The van der Waals surface area contributed by atoms with Crippen molar-refractivity contribution < 1.29 is 9.53 Å². The van der Waals surface area contributed by atoms with Crippen molar-refractivity contribution in [3.63, 3.8) is 0 Å². The van der Waals surface area contributed by atoms with Gasteiger partial charge in [0.1, 0.15) is 0 Å². The highest BCUT2D eigenvalue weighted by Gasteiger charge is 2.09. The Morgan fingerprint density at radius 3 is 3.08 bits per heavy atom. The number of hydrogen-bond donors (Lipinski definition) is 2. The number of hydrogen-bond acceptors (Lipinski definition) is 3. The van der Waals surface area contributed by atoms with Crippen LogP contribution in [0.5, 0.6) is 5.75 Å². The number of amides is 1. The van der Waals surface area contributed by atoms with Crippen molar-refractivity contribution in [2.75, 3.05) is 13.2 Å². The molecule has 0 spiro atoms. The van der Waals surface area contributed by atoms with E-state index in [1.54, 1.807) is 0 Å². The molecule has 26 heavy (non-hydrogen) atoms. The third-order valence-corrected chi connectivity index (χ3v) is 4.32. The standard InChI is InChI=1S/C20H20N4O2/c1-14-12-24-10-4-7-18(20(24)23-14)26-13-19(25)21-9-8-15-11-22-17-6-3-2-5-16(15)17/h2-7,10-12,22H,8-9,13H2,1H3,(H,21,25). The van der Waals surface area contributed by atoms with Crippen molar-refractivity contribution in [1.82, 2.24) is 19.7 Å². The summed E-state index contributed by atoms with van der Waals surface area (Å²) < 4.78 is 7.54. The second-order valence-electron chi connectivity index (χ2n) is 6.23. The van der Waals surface area contributed by atoms with Crippen LogP contribution in [0.4, 0.5) is 0 Å². The number of nitrogens with zero attached hydrogens (tertiary/aromatic N) is 2. The van der Waals surface area contributed by atoms with E-state index in [9.17, 15) is 4.79 Å². The summed E-state index contributed by atoms with van der Waals surface area (Å²) in [5.74, 6) is 0.461.